The Morgan fingerprint density at radius 1 is 0.972 bits per heavy atom. The number of hydrogen-bond donors (Lipinski definition) is 1. The maximum absolute atomic E-state index is 13.8. The van der Waals surface area contributed by atoms with Gasteiger partial charge >= 0.3 is 0 Å². The Bertz CT molecular complexity index is 1490. The van der Waals surface area contributed by atoms with E-state index in [9.17, 15) is 18.0 Å². The van der Waals surface area contributed by atoms with Gasteiger partial charge in [0.25, 0.3) is 0 Å². The molecule has 36 heavy (non-hydrogen) atoms. The number of carbonyl (C=O) groups is 2. The first-order valence-electron chi connectivity index (χ1n) is 11.6. The number of nitrogens with one attached hydrogen (secondary N) is 1. The summed E-state index contributed by atoms with van der Waals surface area (Å²) < 4.78 is 23.7. The molecular weight excluding hydrogens is 498 g/mol. The summed E-state index contributed by atoms with van der Waals surface area (Å²) in [6.07, 6.45) is 1.70. The van der Waals surface area contributed by atoms with Gasteiger partial charge in [0.15, 0.2) is 9.84 Å². The summed E-state index contributed by atoms with van der Waals surface area (Å²) in [5.74, 6) is -0.176. The minimum atomic E-state index is -3.31. The van der Waals surface area contributed by atoms with Crippen molar-refractivity contribution in [3.05, 3.63) is 71.2 Å². The van der Waals surface area contributed by atoms with E-state index in [4.69, 9.17) is 11.6 Å². The van der Waals surface area contributed by atoms with Gasteiger partial charge in [-0.1, -0.05) is 29.8 Å². The van der Waals surface area contributed by atoms with Gasteiger partial charge in [-0.05, 0) is 66.1 Å². The van der Waals surface area contributed by atoms with Crippen molar-refractivity contribution in [2.75, 3.05) is 27.9 Å². The van der Waals surface area contributed by atoms with Crippen LogP contribution >= 0.6 is 11.6 Å². The van der Waals surface area contributed by atoms with E-state index in [1.54, 1.807) is 40.1 Å². The van der Waals surface area contributed by atoms with Crippen LogP contribution in [-0.2, 0) is 25.8 Å². The molecule has 2 atom stereocenters. The highest BCUT2D eigenvalue weighted by molar-refractivity contribution is 7.90. The van der Waals surface area contributed by atoms with E-state index in [2.05, 4.69) is 5.32 Å². The fourth-order valence-electron chi connectivity index (χ4n) is 5.06. The number of benzene rings is 3. The number of amides is 2. The van der Waals surface area contributed by atoms with E-state index in [1.807, 2.05) is 37.3 Å². The molecule has 0 radical (unpaired) electrons. The summed E-state index contributed by atoms with van der Waals surface area (Å²) in [5, 5.41) is 3.95. The maximum atomic E-state index is 13.8. The number of sulfone groups is 1. The van der Waals surface area contributed by atoms with Crippen molar-refractivity contribution in [3.63, 3.8) is 0 Å². The summed E-state index contributed by atoms with van der Waals surface area (Å²) in [5.41, 5.74) is 4.84. The second-order valence-electron chi connectivity index (χ2n) is 9.39. The van der Waals surface area contributed by atoms with Gasteiger partial charge < -0.3 is 15.1 Å². The normalized spacial score (nSPS) is 18.9. The predicted octanol–water partition coefficient (Wildman–Crippen LogP) is 4.54. The topological polar surface area (TPSA) is 86.8 Å². The van der Waals surface area contributed by atoms with Gasteiger partial charge in [-0.2, -0.15) is 0 Å². The third-order valence-corrected chi connectivity index (χ3v) is 8.12. The first-order chi connectivity index (χ1) is 17.0. The minimum Gasteiger partial charge on any atom is -0.373 e. The van der Waals surface area contributed by atoms with Gasteiger partial charge in [-0.3, -0.25) is 9.59 Å². The number of nitrogens with zero attached hydrogens (tertiary/aromatic N) is 2. The third kappa shape index (κ3) is 4.35. The van der Waals surface area contributed by atoms with Crippen molar-refractivity contribution in [1.29, 1.82) is 0 Å². The quantitative estimate of drug-likeness (QED) is 0.545. The largest absolute Gasteiger partial charge is 0.373 e. The minimum absolute atomic E-state index is 0.0804. The molecule has 3 aromatic carbocycles. The second kappa shape index (κ2) is 8.94. The zero-order chi connectivity index (χ0) is 25.8. The highest BCUT2D eigenvalue weighted by Gasteiger charge is 2.38. The zero-order valence-electron chi connectivity index (χ0n) is 20.2. The van der Waals surface area contributed by atoms with Crippen molar-refractivity contribution in [3.8, 4) is 11.1 Å². The Hall–Kier alpha value is -3.36. The molecule has 7 nitrogen and oxygen atoms in total. The van der Waals surface area contributed by atoms with E-state index >= 15 is 0 Å². The molecule has 186 valence electrons. The molecule has 0 bridgehead atoms. The predicted molar refractivity (Wildman–Crippen MR) is 143 cm³/mol. The number of fused-ring (bicyclic) bond motifs is 2. The van der Waals surface area contributed by atoms with Gasteiger partial charge in [-0.25, -0.2) is 8.42 Å². The first kappa shape index (κ1) is 24.3. The van der Waals surface area contributed by atoms with E-state index in [0.29, 0.717) is 29.4 Å². The molecule has 0 spiro atoms. The Labute approximate surface area is 215 Å². The molecule has 2 heterocycles. The molecular formula is C27H26ClN3O4S. The van der Waals surface area contributed by atoms with Crippen LogP contribution in [0.3, 0.4) is 0 Å². The van der Waals surface area contributed by atoms with Gasteiger partial charge in [-0.15, -0.1) is 0 Å². The highest BCUT2D eigenvalue weighted by atomic mass is 35.5. The fraction of sp³-hybridized carbons (Fsp3) is 0.259. The molecule has 1 N–H and O–H groups in total. The Morgan fingerprint density at radius 3 is 2.33 bits per heavy atom. The summed E-state index contributed by atoms with van der Waals surface area (Å²) in [7, 11) is -3.31. The van der Waals surface area contributed by atoms with Crippen LogP contribution in [0.5, 0.6) is 0 Å². The molecule has 9 heteroatoms. The standard InChI is InChI=1S/C27H26ClN3O4S/c1-16-15-30(27(33)24-13-20-12-21(28)7-10-23(20)29-24)26-14-19(6-11-25(26)31(16)17(2)32)18-4-8-22(9-5-18)36(3,34)35/h4-12,14,16,24,29H,13,15H2,1-3H3. The van der Waals surface area contributed by atoms with Gasteiger partial charge in [0.05, 0.1) is 22.3 Å². The molecule has 0 saturated carbocycles. The van der Waals surface area contributed by atoms with Gasteiger partial charge in [0.1, 0.15) is 6.04 Å². The monoisotopic (exact) mass is 523 g/mol. The SMILES string of the molecule is CC(=O)N1c2ccc(-c3ccc(S(C)(=O)=O)cc3)cc2N(C(=O)C2Cc3cc(Cl)ccc3N2)CC1C. The van der Waals surface area contributed by atoms with E-state index < -0.39 is 15.9 Å². The van der Waals surface area contributed by atoms with E-state index in [-0.39, 0.29) is 22.8 Å². The van der Waals surface area contributed by atoms with Crippen molar-refractivity contribution in [1.82, 2.24) is 0 Å². The molecule has 0 fully saturated rings. The molecule has 5 rings (SSSR count). The number of anilines is 3. The van der Waals surface area contributed by atoms with E-state index in [1.165, 1.54) is 13.2 Å². The molecule has 0 saturated heterocycles. The lowest BCUT2D eigenvalue weighted by Gasteiger charge is -2.41. The Balaban J connectivity index is 1.53. The summed E-state index contributed by atoms with van der Waals surface area (Å²) in [4.78, 5) is 30.0. The van der Waals surface area contributed by atoms with Crippen LogP contribution in [0.1, 0.15) is 19.4 Å². The summed E-state index contributed by atoms with van der Waals surface area (Å²) in [6.45, 7) is 3.81. The van der Waals surface area contributed by atoms with Crippen LogP contribution < -0.4 is 15.1 Å². The molecule has 2 unspecified atom stereocenters. The molecule has 2 amide bonds. The number of halogens is 1. The van der Waals surface area contributed by atoms with Gasteiger partial charge in [0, 0.05) is 36.9 Å². The van der Waals surface area contributed by atoms with Crippen LogP contribution in [-0.4, -0.2) is 45.1 Å². The lowest BCUT2D eigenvalue weighted by molar-refractivity contribution is -0.120. The fourth-order valence-corrected chi connectivity index (χ4v) is 5.88. The van der Waals surface area contributed by atoms with Gasteiger partial charge in [0.2, 0.25) is 11.8 Å². The molecule has 0 aliphatic carbocycles. The molecule has 0 aromatic heterocycles. The van der Waals surface area contributed by atoms with E-state index in [0.717, 1.165) is 22.4 Å². The highest BCUT2D eigenvalue weighted by Crippen LogP contribution is 2.40. The van der Waals surface area contributed by atoms with Crippen LogP contribution in [0.15, 0.2) is 65.6 Å². The van der Waals surface area contributed by atoms with Crippen molar-refractivity contribution in [2.45, 2.75) is 37.2 Å². The molecule has 2 aliphatic heterocycles. The maximum Gasteiger partial charge on any atom is 0.249 e. The van der Waals surface area contributed by atoms with Crippen molar-refractivity contribution in [2.24, 2.45) is 0 Å². The van der Waals surface area contributed by atoms with Crippen LogP contribution in [0.2, 0.25) is 5.02 Å². The lowest BCUT2D eigenvalue weighted by atomic mass is 9.99. The van der Waals surface area contributed by atoms with Crippen LogP contribution in [0.25, 0.3) is 11.1 Å². The summed E-state index contributed by atoms with van der Waals surface area (Å²) >= 11 is 6.15. The average molecular weight is 524 g/mol. The Morgan fingerprint density at radius 2 is 1.67 bits per heavy atom. The van der Waals surface area contributed by atoms with Crippen LogP contribution in [0, 0.1) is 0 Å². The summed E-state index contributed by atoms with van der Waals surface area (Å²) in [6, 6.07) is 17.2. The third-order valence-electron chi connectivity index (χ3n) is 6.75. The number of hydrogen-bond acceptors (Lipinski definition) is 5. The lowest BCUT2D eigenvalue weighted by Crippen LogP contribution is -2.54. The number of rotatable bonds is 3. The Kier molecular flexibility index (Phi) is 6.04. The average Bonchev–Trinajstić information content (AvgIpc) is 3.25. The van der Waals surface area contributed by atoms with Crippen molar-refractivity contribution < 1.29 is 18.0 Å². The van der Waals surface area contributed by atoms with Crippen molar-refractivity contribution >= 4 is 50.3 Å². The molecule has 3 aromatic rings. The smallest absolute Gasteiger partial charge is 0.249 e. The second-order valence-corrected chi connectivity index (χ2v) is 11.8. The zero-order valence-corrected chi connectivity index (χ0v) is 21.7. The number of carbonyl (C=O) groups excluding carboxylic acids is 2. The van der Waals surface area contributed by atoms with Crippen LogP contribution in [0.4, 0.5) is 17.1 Å². The molecule has 2 aliphatic rings. The first-order valence-corrected chi connectivity index (χ1v) is 13.9.